The quantitative estimate of drug-likeness (QED) is 0.0461. The highest BCUT2D eigenvalue weighted by atomic mass is 35.5. The van der Waals surface area contributed by atoms with Gasteiger partial charge in [-0.05, 0) is 96.6 Å². The third-order valence-corrected chi connectivity index (χ3v) is 16.3. The van der Waals surface area contributed by atoms with Gasteiger partial charge in [0.25, 0.3) is 5.91 Å². The number of thiocarbonyl (C=S) groups is 2. The van der Waals surface area contributed by atoms with E-state index in [9.17, 15) is 43.2 Å². The molecule has 4 aliphatic heterocycles. The number of nitrogens with one attached hydrogen (secondary N) is 6. The zero-order valence-electron chi connectivity index (χ0n) is 51.5. The maximum atomic E-state index is 13.3. The molecule has 0 aromatic rings. The minimum absolute atomic E-state index is 0. The number of aliphatic imine (C=N–C) groups is 2. The number of carbonyl (C=O) groups excluding carboxylic acids is 9. The molecule has 87 heavy (non-hydrogen) atoms. The van der Waals surface area contributed by atoms with Crippen molar-refractivity contribution in [3.05, 3.63) is 0 Å². The van der Waals surface area contributed by atoms with E-state index in [-0.39, 0.29) is 110 Å². The average Bonchev–Trinajstić information content (AvgIpc) is 3.61. The SMILES string of the molecule is CCOC(=O)N=C=S.CCOC(=O)NC(=N[C@@H](CC1CCCCC1)C(=O)N[C@@H]1C(=O)CO[C@H]1C)N1CCOCC1.CCOC(=O)NC(=S)N[C@@H](CC1CCCCC1)C(=O)N[C@@H]1C(=O)CO[C@H]1C.C[C@@H]1OCC(=O)[C@H]1NC(=O)[C@@H]([NH3+])CC1CCCCC1.[Cl-]. The second kappa shape index (κ2) is 41.8. The van der Waals surface area contributed by atoms with Crippen LogP contribution < -0.4 is 50.0 Å². The summed E-state index contributed by atoms with van der Waals surface area (Å²) in [6, 6.07) is -3.43. The first-order chi connectivity index (χ1) is 41.3. The standard InChI is InChI=1S/C22H36N4O6.C18H29N3O5S.C14H24N2O3.C4H5NO2S.ClH/c1-3-31-22(29)25-21(26-9-11-30-12-10-26)23-17(13-16-7-5-4-6-8-16)20(28)24-19-15(2)32-14-18(19)27;1-3-25-18(24)21-17(27)19-13(9-12-7-5-4-6-8-12)16(23)20-15-11(2)26-10-14(15)22;1-9-13(12(17)8-19-9)16-14(18)11(15)7-10-5-3-2-4-6-10;1-2-7-4(6)5-3-8;/h15-17,19H,3-14H2,1-2H3,(H,24,28)(H,23,25,29);11-13,15H,3-10H2,1-2H3,(H,20,23)(H2,19,21,24,27);9-11,13H,2-8,15H2,1H3,(H,16,18);2H2,1H3;1H/t15-,17-,19-;11-,13-,15-;9-,11-,13-;;/m000../s1. The Morgan fingerprint density at radius 1 is 0.609 bits per heavy atom. The van der Waals surface area contributed by atoms with E-state index in [1.165, 1.54) is 44.9 Å². The third kappa shape index (κ3) is 27.9. The maximum Gasteiger partial charge on any atom is 0.442 e. The molecule has 4 heterocycles. The minimum atomic E-state index is -0.724. The minimum Gasteiger partial charge on any atom is -1.00 e. The lowest BCUT2D eigenvalue weighted by Gasteiger charge is -2.31. The fourth-order valence-electron chi connectivity index (χ4n) is 11.3. The average molecular weight is 1290 g/mol. The van der Waals surface area contributed by atoms with Crippen molar-refractivity contribution in [2.24, 2.45) is 27.7 Å². The molecule has 0 aromatic heterocycles. The van der Waals surface area contributed by atoms with Crippen molar-refractivity contribution in [2.75, 3.05) is 65.9 Å². The molecule has 3 aliphatic carbocycles. The van der Waals surface area contributed by atoms with Crippen molar-refractivity contribution in [1.82, 2.24) is 36.8 Å². The van der Waals surface area contributed by atoms with Gasteiger partial charge in [-0.25, -0.2) is 19.4 Å². The number of guanidine groups is 1. The van der Waals surface area contributed by atoms with Gasteiger partial charge in [0.05, 0.1) is 56.5 Å². The smallest absolute Gasteiger partial charge is 0.442 e. The molecule has 0 bridgehead atoms. The lowest BCUT2D eigenvalue weighted by Crippen LogP contribution is -3.00. The summed E-state index contributed by atoms with van der Waals surface area (Å²) in [5, 5.41) is 18.4. The number of nitrogens with zero attached hydrogens (tertiary/aromatic N) is 3. The van der Waals surface area contributed by atoms with E-state index in [1.54, 1.807) is 34.6 Å². The number of Topliss-reactive ketones (excluding diaryl/α,β-unsaturated/α-hetero) is 3. The number of halogens is 1. The summed E-state index contributed by atoms with van der Waals surface area (Å²) in [4.78, 5) is 117. The van der Waals surface area contributed by atoms with Gasteiger partial charge in [-0.3, -0.25) is 39.4 Å². The number of hydrogen-bond acceptors (Lipinski definition) is 19. The number of hydrogen-bond donors (Lipinski definition) is 7. The molecule has 7 aliphatic rings. The van der Waals surface area contributed by atoms with E-state index in [1.807, 2.05) is 17.0 Å². The lowest BCUT2D eigenvalue weighted by molar-refractivity contribution is -0.407. The van der Waals surface area contributed by atoms with Crippen LogP contribution in [0.4, 0.5) is 14.4 Å². The van der Waals surface area contributed by atoms with Gasteiger partial charge in [-0.1, -0.05) is 96.3 Å². The Morgan fingerprint density at radius 3 is 1.45 bits per heavy atom. The van der Waals surface area contributed by atoms with Gasteiger partial charge >= 0.3 is 18.3 Å². The van der Waals surface area contributed by atoms with Crippen LogP contribution in [-0.2, 0) is 61.9 Å². The molecule has 29 heteroatoms. The van der Waals surface area contributed by atoms with E-state index in [2.05, 4.69) is 59.6 Å². The highest BCUT2D eigenvalue weighted by Crippen LogP contribution is 2.30. The van der Waals surface area contributed by atoms with Gasteiger partial charge < -0.3 is 77.5 Å². The van der Waals surface area contributed by atoms with Crippen LogP contribution in [0, 0.1) is 17.8 Å². The van der Waals surface area contributed by atoms with Crippen LogP contribution in [0.1, 0.15) is 157 Å². The molecule has 9 atom stereocenters. The van der Waals surface area contributed by atoms with Crippen molar-refractivity contribution < 1.29 is 94.4 Å². The summed E-state index contributed by atoms with van der Waals surface area (Å²) in [7, 11) is 0. The number of quaternary nitrogens is 1. The van der Waals surface area contributed by atoms with Crippen molar-refractivity contribution in [3.63, 3.8) is 0 Å². The summed E-state index contributed by atoms with van der Waals surface area (Å²) in [5.41, 5.74) is 3.96. The topological polar surface area (TPSA) is 346 Å². The summed E-state index contributed by atoms with van der Waals surface area (Å²) >= 11 is 9.27. The van der Waals surface area contributed by atoms with E-state index in [0.717, 1.165) is 57.8 Å². The number of alkyl carbamates (subject to hydrolysis) is 2. The molecule has 0 unspecified atom stereocenters. The zero-order valence-corrected chi connectivity index (χ0v) is 53.9. The van der Waals surface area contributed by atoms with Crippen LogP contribution in [0.2, 0.25) is 0 Å². The number of carbonyl (C=O) groups is 9. The molecule has 0 spiro atoms. The van der Waals surface area contributed by atoms with Crippen LogP contribution in [0.3, 0.4) is 0 Å². The van der Waals surface area contributed by atoms with E-state index in [0.29, 0.717) is 69.5 Å². The first-order valence-corrected chi connectivity index (χ1v) is 31.6. The Morgan fingerprint density at radius 2 is 1.02 bits per heavy atom. The molecule has 4 saturated heterocycles. The molecule has 7 fully saturated rings. The second-order valence-corrected chi connectivity index (χ2v) is 23.1. The number of ketones is 3. The summed E-state index contributed by atoms with van der Waals surface area (Å²) in [6.07, 6.45) is 16.6. The molecule has 7 rings (SSSR count). The highest BCUT2D eigenvalue weighted by Gasteiger charge is 2.39. The van der Waals surface area contributed by atoms with Gasteiger partial charge in [0.1, 0.15) is 50.0 Å². The van der Waals surface area contributed by atoms with Crippen LogP contribution in [0.5, 0.6) is 0 Å². The predicted octanol–water partition coefficient (Wildman–Crippen LogP) is 0.940. The van der Waals surface area contributed by atoms with E-state index in [4.69, 9.17) is 45.6 Å². The highest BCUT2D eigenvalue weighted by molar-refractivity contribution is 7.80. The van der Waals surface area contributed by atoms with E-state index >= 15 is 0 Å². The normalized spacial score (nSPS) is 24.3. The van der Waals surface area contributed by atoms with Crippen molar-refractivity contribution >= 4 is 94.0 Å². The number of amides is 6. The second-order valence-electron chi connectivity index (χ2n) is 22.5. The van der Waals surface area contributed by atoms with Gasteiger partial charge in [0, 0.05) is 19.5 Å². The summed E-state index contributed by atoms with van der Waals surface area (Å²) < 4.78 is 35.5. The molecular weight excluding hydrogens is 1190 g/mol. The first-order valence-electron chi connectivity index (χ1n) is 30.8. The molecule has 26 nitrogen and oxygen atoms in total. The Balaban J connectivity index is 0.000000327. The number of ether oxygens (including phenoxy) is 7. The Labute approximate surface area is 528 Å². The Hall–Kier alpha value is -5.32. The molecular formula is C58H95ClN10O16S2. The predicted molar refractivity (Wildman–Crippen MR) is 323 cm³/mol. The number of rotatable bonds is 17. The number of isothiocyanates is 1. The van der Waals surface area contributed by atoms with Gasteiger partial charge in [0.2, 0.25) is 17.8 Å². The lowest BCUT2D eigenvalue weighted by atomic mass is 9.84. The maximum absolute atomic E-state index is 13.3. The van der Waals surface area contributed by atoms with Crippen molar-refractivity contribution in [1.29, 1.82) is 0 Å². The Kier molecular flexibility index (Phi) is 36.5. The van der Waals surface area contributed by atoms with Crippen LogP contribution >= 0.6 is 24.4 Å². The van der Waals surface area contributed by atoms with Gasteiger partial charge in [-0.2, -0.15) is 0 Å². The molecule has 0 radical (unpaired) electrons. The van der Waals surface area contributed by atoms with Gasteiger partial charge in [-0.15, -0.1) is 4.99 Å². The fourth-order valence-corrected chi connectivity index (χ4v) is 11.6. The summed E-state index contributed by atoms with van der Waals surface area (Å²) in [6.45, 7) is 13.5. The zero-order chi connectivity index (χ0) is 63.0. The van der Waals surface area contributed by atoms with Crippen LogP contribution in [-0.4, -0.2) is 195 Å². The molecule has 6 amide bonds. The number of morpholine rings is 1. The fraction of sp³-hybridized carbons (Fsp3) is 0.793. The first kappa shape index (κ1) is 75.9. The van der Waals surface area contributed by atoms with Crippen molar-refractivity contribution in [2.45, 2.75) is 212 Å². The van der Waals surface area contributed by atoms with Gasteiger partial charge in [0.15, 0.2) is 28.5 Å². The van der Waals surface area contributed by atoms with Crippen molar-refractivity contribution in [3.8, 4) is 0 Å². The summed E-state index contributed by atoms with van der Waals surface area (Å²) in [5.74, 6) is 0.660. The molecule has 492 valence electrons. The van der Waals surface area contributed by atoms with Crippen LogP contribution in [0.25, 0.3) is 0 Å². The molecule has 3 saturated carbocycles. The monoisotopic (exact) mass is 1290 g/mol. The third-order valence-electron chi connectivity index (χ3n) is 16.0. The largest absolute Gasteiger partial charge is 1.00 e. The molecule has 9 N–H and O–H groups in total. The van der Waals surface area contributed by atoms with Crippen LogP contribution in [0.15, 0.2) is 9.98 Å². The van der Waals surface area contributed by atoms with E-state index < -0.39 is 48.5 Å². The Bertz CT molecular complexity index is 2310. The molecule has 0 aromatic carbocycles.